The molecule has 0 radical (unpaired) electrons. The first kappa shape index (κ1) is 14.2. The molecule has 0 aromatic heterocycles. The molecule has 3 atom stereocenters. The molecule has 17 heavy (non-hydrogen) atoms. The van der Waals surface area contributed by atoms with E-state index in [-0.39, 0.29) is 12.1 Å². The van der Waals surface area contributed by atoms with Crippen molar-refractivity contribution in [2.45, 2.75) is 25.9 Å². The van der Waals surface area contributed by atoms with E-state index in [9.17, 15) is 4.21 Å². The van der Waals surface area contributed by atoms with Crippen LogP contribution in [0.2, 0.25) is 0 Å². The van der Waals surface area contributed by atoms with Crippen molar-refractivity contribution in [3.8, 4) is 5.75 Å². The monoisotopic (exact) mass is 255 g/mol. The van der Waals surface area contributed by atoms with Gasteiger partial charge in [0.15, 0.2) is 0 Å². The maximum absolute atomic E-state index is 11.1. The van der Waals surface area contributed by atoms with E-state index in [1.165, 1.54) is 0 Å². The number of benzene rings is 1. The van der Waals surface area contributed by atoms with Crippen LogP contribution >= 0.6 is 0 Å². The molecular weight excluding hydrogens is 234 g/mol. The van der Waals surface area contributed by atoms with E-state index in [1.807, 2.05) is 31.2 Å². The lowest BCUT2D eigenvalue weighted by molar-refractivity contribution is 0.398. The summed E-state index contributed by atoms with van der Waals surface area (Å²) in [5.74, 6) is 1.55. The van der Waals surface area contributed by atoms with Gasteiger partial charge in [-0.05, 0) is 19.9 Å². The predicted molar refractivity (Wildman–Crippen MR) is 72.9 cm³/mol. The van der Waals surface area contributed by atoms with E-state index in [0.29, 0.717) is 5.75 Å². The second kappa shape index (κ2) is 6.77. The topological polar surface area (TPSA) is 38.3 Å². The Hall–Kier alpha value is -0.870. The number of para-hydroxylation sites is 1. The Morgan fingerprint density at radius 2 is 2.00 bits per heavy atom. The van der Waals surface area contributed by atoms with Gasteiger partial charge in [0.05, 0.1) is 7.11 Å². The molecule has 3 unspecified atom stereocenters. The number of nitrogens with one attached hydrogen (secondary N) is 1. The number of methoxy groups -OCH3 is 1. The Balaban J connectivity index is 2.69. The molecule has 0 spiro atoms. The van der Waals surface area contributed by atoms with Gasteiger partial charge in [0, 0.05) is 40.5 Å². The number of ether oxygens (including phenoxy) is 1. The van der Waals surface area contributed by atoms with Crippen molar-refractivity contribution in [1.29, 1.82) is 0 Å². The second-order valence-electron chi connectivity index (χ2n) is 4.27. The summed E-state index contributed by atoms with van der Waals surface area (Å²) in [6.45, 7) is 4.14. The molecule has 0 saturated heterocycles. The fourth-order valence-electron chi connectivity index (χ4n) is 1.94. The Morgan fingerprint density at radius 1 is 1.35 bits per heavy atom. The summed E-state index contributed by atoms with van der Waals surface area (Å²) in [7, 11) is 0.907. The average molecular weight is 255 g/mol. The highest BCUT2D eigenvalue weighted by molar-refractivity contribution is 7.84. The highest BCUT2D eigenvalue weighted by Gasteiger charge is 2.13. The van der Waals surface area contributed by atoms with Crippen molar-refractivity contribution in [1.82, 2.24) is 5.32 Å². The Labute approximate surface area is 106 Å². The average Bonchev–Trinajstić information content (AvgIpc) is 2.27. The van der Waals surface area contributed by atoms with Crippen molar-refractivity contribution < 1.29 is 8.95 Å². The minimum absolute atomic E-state index is 0.185. The molecule has 96 valence electrons. The number of hydrogen-bond acceptors (Lipinski definition) is 3. The van der Waals surface area contributed by atoms with Gasteiger partial charge in [0.1, 0.15) is 5.75 Å². The lowest BCUT2D eigenvalue weighted by Gasteiger charge is -2.21. The van der Waals surface area contributed by atoms with Crippen LogP contribution < -0.4 is 10.1 Å². The maximum atomic E-state index is 11.1. The Kier molecular flexibility index (Phi) is 5.65. The molecule has 0 bridgehead atoms. The van der Waals surface area contributed by atoms with Crippen LogP contribution in [-0.4, -0.2) is 29.4 Å². The summed E-state index contributed by atoms with van der Waals surface area (Å²) in [5, 5.41) is 3.43. The van der Waals surface area contributed by atoms with E-state index in [4.69, 9.17) is 4.74 Å². The second-order valence-corrected chi connectivity index (χ2v) is 5.75. The quantitative estimate of drug-likeness (QED) is 0.846. The highest BCUT2D eigenvalue weighted by atomic mass is 32.2. The van der Waals surface area contributed by atoms with Gasteiger partial charge in [-0.25, -0.2) is 0 Å². The highest BCUT2D eigenvalue weighted by Crippen LogP contribution is 2.24. The van der Waals surface area contributed by atoms with Crippen LogP contribution in [0.4, 0.5) is 0 Å². The van der Waals surface area contributed by atoms with E-state index in [2.05, 4.69) is 12.2 Å². The fraction of sp³-hybridized carbons (Fsp3) is 0.538. The molecule has 3 nitrogen and oxygen atoms in total. The lowest BCUT2D eigenvalue weighted by atomic mass is 10.1. The minimum Gasteiger partial charge on any atom is -0.496 e. The summed E-state index contributed by atoms with van der Waals surface area (Å²) in [4.78, 5) is 0. The molecule has 1 N–H and O–H groups in total. The van der Waals surface area contributed by atoms with Gasteiger partial charge in [0.25, 0.3) is 0 Å². The smallest absolute Gasteiger partial charge is 0.123 e. The van der Waals surface area contributed by atoms with E-state index < -0.39 is 10.8 Å². The Morgan fingerprint density at radius 3 is 2.59 bits per heavy atom. The normalized spacial score (nSPS) is 16.2. The first-order chi connectivity index (χ1) is 8.04. The zero-order valence-electron chi connectivity index (χ0n) is 10.9. The van der Waals surface area contributed by atoms with E-state index in [1.54, 1.807) is 13.4 Å². The standard InChI is InChI=1S/C13H21NO2S/c1-10(9-17(4)15)14-11(2)12-7-5-6-8-13(12)16-3/h5-8,10-11,14H,9H2,1-4H3. The van der Waals surface area contributed by atoms with Crippen LogP contribution in [0, 0.1) is 0 Å². The van der Waals surface area contributed by atoms with Gasteiger partial charge in [0.2, 0.25) is 0 Å². The molecule has 0 aliphatic heterocycles. The maximum Gasteiger partial charge on any atom is 0.123 e. The third kappa shape index (κ3) is 4.48. The van der Waals surface area contributed by atoms with Gasteiger partial charge in [-0.1, -0.05) is 18.2 Å². The van der Waals surface area contributed by atoms with Crippen molar-refractivity contribution in [2.75, 3.05) is 19.1 Å². The zero-order valence-corrected chi connectivity index (χ0v) is 11.7. The summed E-state index contributed by atoms with van der Waals surface area (Å²) >= 11 is 0. The first-order valence-corrected chi connectivity index (χ1v) is 7.46. The molecule has 1 aromatic rings. The molecule has 1 aromatic carbocycles. The van der Waals surface area contributed by atoms with Gasteiger partial charge >= 0.3 is 0 Å². The Bertz CT molecular complexity index is 381. The third-order valence-corrected chi connectivity index (χ3v) is 3.59. The molecule has 0 saturated carbocycles. The lowest BCUT2D eigenvalue weighted by Crippen LogP contribution is -2.33. The number of rotatable bonds is 6. The number of hydrogen-bond donors (Lipinski definition) is 1. The van der Waals surface area contributed by atoms with E-state index in [0.717, 1.165) is 11.3 Å². The van der Waals surface area contributed by atoms with Crippen molar-refractivity contribution in [2.24, 2.45) is 0 Å². The van der Waals surface area contributed by atoms with Crippen LogP contribution in [-0.2, 0) is 10.8 Å². The van der Waals surface area contributed by atoms with E-state index >= 15 is 0 Å². The fourth-order valence-corrected chi connectivity index (χ4v) is 2.74. The summed E-state index contributed by atoms with van der Waals surface area (Å²) in [6.07, 6.45) is 1.73. The molecule has 1 rings (SSSR count). The summed E-state index contributed by atoms with van der Waals surface area (Å²) < 4.78 is 16.5. The van der Waals surface area contributed by atoms with Crippen LogP contribution in [0.3, 0.4) is 0 Å². The van der Waals surface area contributed by atoms with Crippen LogP contribution in [0.5, 0.6) is 5.75 Å². The van der Waals surface area contributed by atoms with Crippen LogP contribution in [0.1, 0.15) is 25.5 Å². The van der Waals surface area contributed by atoms with Gasteiger partial charge in [-0.3, -0.25) is 4.21 Å². The molecule has 0 heterocycles. The summed E-state index contributed by atoms with van der Waals surface area (Å²) in [6, 6.07) is 8.37. The zero-order chi connectivity index (χ0) is 12.8. The molecule has 0 amide bonds. The largest absolute Gasteiger partial charge is 0.496 e. The third-order valence-electron chi connectivity index (χ3n) is 2.62. The SMILES string of the molecule is COc1ccccc1C(C)NC(C)CS(C)=O. The van der Waals surface area contributed by atoms with Crippen molar-refractivity contribution in [3.05, 3.63) is 29.8 Å². The van der Waals surface area contributed by atoms with Crippen LogP contribution in [0.25, 0.3) is 0 Å². The molecule has 0 fully saturated rings. The summed E-state index contributed by atoms with van der Waals surface area (Å²) in [5.41, 5.74) is 1.13. The van der Waals surface area contributed by atoms with Gasteiger partial charge in [-0.15, -0.1) is 0 Å². The van der Waals surface area contributed by atoms with Gasteiger partial charge in [-0.2, -0.15) is 0 Å². The van der Waals surface area contributed by atoms with Crippen LogP contribution in [0.15, 0.2) is 24.3 Å². The molecule has 4 heteroatoms. The molecular formula is C13H21NO2S. The minimum atomic E-state index is -0.769. The van der Waals surface area contributed by atoms with Crippen molar-refractivity contribution in [3.63, 3.8) is 0 Å². The predicted octanol–water partition coefficient (Wildman–Crippen LogP) is 2.11. The van der Waals surface area contributed by atoms with Gasteiger partial charge < -0.3 is 10.1 Å². The molecule has 0 aliphatic rings. The molecule has 0 aliphatic carbocycles. The van der Waals surface area contributed by atoms with Crippen molar-refractivity contribution >= 4 is 10.8 Å². The first-order valence-electron chi connectivity index (χ1n) is 5.73.